The lowest BCUT2D eigenvalue weighted by atomic mass is 10.0. The number of fused-ring (bicyclic) bond motifs is 1. The summed E-state index contributed by atoms with van der Waals surface area (Å²) in [5.74, 6) is -3.17. The number of hydrogen-bond donors (Lipinski definition) is 1. The molecule has 2 atom stereocenters. The molecule has 2 unspecified atom stereocenters. The normalized spacial score (nSPS) is 43.8. The van der Waals surface area contributed by atoms with Gasteiger partial charge in [0, 0.05) is 13.1 Å². The largest absolute Gasteiger partial charge is 0.370 e. The van der Waals surface area contributed by atoms with E-state index in [2.05, 4.69) is 5.32 Å². The van der Waals surface area contributed by atoms with Crippen molar-refractivity contribution in [2.75, 3.05) is 19.7 Å². The van der Waals surface area contributed by atoms with E-state index in [4.69, 9.17) is 4.74 Å². The summed E-state index contributed by atoms with van der Waals surface area (Å²) in [5, 5.41) is 2.87. The number of rotatable bonds is 0. The molecule has 0 spiro atoms. The van der Waals surface area contributed by atoms with Crippen LogP contribution in [0.25, 0.3) is 0 Å². The molecule has 58 valence electrons. The van der Waals surface area contributed by atoms with Crippen molar-refractivity contribution >= 4 is 0 Å². The second-order valence-corrected chi connectivity index (χ2v) is 2.88. The molecule has 0 saturated carbocycles. The third-order valence-electron chi connectivity index (χ3n) is 2.19. The summed E-state index contributed by atoms with van der Waals surface area (Å²) in [4.78, 5) is 0. The van der Waals surface area contributed by atoms with Gasteiger partial charge in [-0.15, -0.1) is 0 Å². The van der Waals surface area contributed by atoms with E-state index in [1.54, 1.807) is 0 Å². The monoisotopic (exact) mass is 149 g/mol. The first-order chi connectivity index (χ1) is 4.70. The zero-order chi connectivity index (χ0) is 7.19. The molecular formula is C6H9F2NO. The molecule has 0 aromatic carbocycles. The van der Waals surface area contributed by atoms with Crippen LogP contribution in [0.4, 0.5) is 8.78 Å². The zero-order valence-electron chi connectivity index (χ0n) is 5.44. The van der Waals surface area contributed by atoms with E-state index in [1.807, 2.05) is 0 Å². The van der Waals surface area contributed by atoms with E-state index >= 15 is 0 Å². The Bertz CT molecular complexity index is 151. The molecule has 2 heterocycles. The predicted molar refractivity (Wildman–Crippen MR) is 31.0 cm³/mol. The van der Waals surface area contributed by atoms with Crippen LogP contribution in [0.15, 0.2) is 0 Å². The Kier molecular flexibility index (Phi) is 1.22. The van der Waals surface area contributed by atoms with Crippen molar-refractivity contribution in [1.29, 1.82) is 0 Å². The van der Waals surface area contributed by atoms with Gasteiger partial charge in [-0.3, -0.25) is 0 Å². The topological polar surface area (TPSA) is 21.3 Å². The lowest BCUT2D eigenvalue weighted by Gasteiger charge is -2.12. The molecule has 2 saturated heterocycles. The summed E-state index contributed by atoms with van der Waals surface area (Å²) in [7, 11) is 0. The first kappa shape index (κ1) is 6.49. The molecular weight excluding hydrogens is 140 g/mol. The molecule has 1 N–H and O–H groups in total. The van der Waals surface area contributed by atoms with E-state index in [-0.39, 0.29) is 12.7 Å². The molecule has 0 aromatic rings. The molecule has 0 radical (unpaired) electrons. The van der Waals surface area contributed by atoms with Gasteiger partial charge in [-0.1, -0.05) is 0 Å². The maximum atomic E-state index is 12.7. The highest BCUT2D eigenvalue weighted by Crippen LogP contribution is 2.37. The average Bonchev–Trinajstić information content (AvgIpc) is 2.36. The van der Waals surface area contributed by atoms with Crippen LogP contribution in [0.1, 0.15) is 0 Å². The number of alkyl halides is 2. The van der Waals surface area contributed by atoms with Crippen molar-refractivity contribution in [3.8, 4) is 0 Å². The number of halogens is 2. The fourth-order valence-electron chi connectivity index (χ4n) is 1.58. The van der Waals surface area contributed by atoms with Gasteiger partial charge in [0.15, 0.2) is 0 Å². The minimum Gasteiger partial charge on any atom is -0.370 e. The van der Waals surface area contributed by atoms with Crippen molar-refractivity contribution in [1.82, 2.24) is 5.32 Å². The Labute approximate surface area is 57.5 Å². The van der Waals surface area contributed by atoms with Gasteiger partial charge in [-0.25, -0.2) is 8.78 Å². The van der Waals surface area contributed by atoms with Crippen LogP contribution in [0.3, 0.4) is 0 Å². The number of nitrogens with one attached hydrogen (secondary N) is 1. The van der Waals surface area contributed by atoms with E-state index in [0.29, 0.717) is 13.1 Å². The molecule has 2 fully saturated rings. The number of ether oxygens (including phenoxy) is 1. The Morgan fingerprint density at radius 1 is 1.40 bits per heavy atom. The van der Waals surface area contributed by atoms with Crippen LogP contribution < -0.4 is 5.32 Å². The Balaban J connectivity index is 2.16. The van der Waals surface area contributed by atoms with E-state index < -0.39 is 11.8 Å². The molecule has 0 amide bonds. The van der Waals surface area contributed by atoms with Gasteiger partial charge in [-0.05, 0) is 0 Å². The molecule has 2 aliphatic rings. The van der Waals surface area contributed by atoms with Crippen LogP contribution in [-0.4, -0.2) is 31.7 Å². The lowest BCUT2D eigenvalue weighted by molar-refractivity contribution is -0.0356. The molecule has 2 aliphatic heterocycles. The molecule has 0 aromatic heterocycles. The first-order valence-electron chi connectivity index (χ1n) is 3.40. The zero-order valence-corrected chi connectivity index (χ0v) is 5.44. The lowest BCUT2D eigenvalue weighted by Crippen LogP contribution is -2.30. The summed E-state index contributed by atoms with van der Waals surface area (Å²) in [6, 6.07) is 0. The van der Waals surface area contributed by atoms with Gasteiger partial charge < -0.3 is 10.1 Å². The molecule has 4 heteroatoms. The van der Waals surface area contributed by atoms with Crippen LogP contribution in [0, 0.1) is 5.92 Å². The van der Waals surface area contributed by atoms with Crippen LogP contribution >= 0.6 is 0 Å². The second-order valence-electron chi connectivity index (χ2n) is 2.88. The standard InChI is InChI=1S/C6H9F2NO/c7-6(8)3-10-5-2-9-1-4(5)6/h4-5,9H,1-3H2. The van der Waals surface area contributed by atoms with Crippen molar-refractivity contribution in [2.24, 2.45) is 5.92 Å². The van der Waals surface area contributed by atoms with Crippen molar-refractivity contribution in [2.45, 2.75) is 12.0 Å². The summed E-state index contributed by atoms with van der Waals surface area (Å²) < 4.78 is 30.3. The molecule has 2 rings (SSSR count). The smallest absolute Gasteiger partial charge is 0.277 e. The van der Waals surface area contributed by atoms with Crippen molar-refractivity contribution < 1.29 is 13.5 Å². The Morgan fingerprint density at radius 2 is 2.20 bits per heavy atom. The average molecular weight is 149 g/mol. The summed E-state index contributed by atoms with van der Waals surface area (Å²) in [5.41, 5.74) is 0. The minimum atomic E-state index is -2.59. The summed E-state index contributed by atoms with van der Waals surface area (Å²) in [6.45, 7) is 0.599. The van der Waals surface area contributed by atoms with Gasteiger partial charge in [0.1, 0.15) is 6.61 Å². The van der Waals surface area contributed by atoms with E-state index in [9.17, 15) is 8.78 Å². The fraction of sp³-hybridized carbons (Fsp3) is 1.00. The Morgan fingerprint density at radius 3 is 2.90 bits per heavy atom. The quantitative estimate of drug-likeness (QED) is 0.532. The summed E-state index contributed by atoms with van der Waals surface area (Å²) >= 11 is 0. The molecule has 10 heavy (non-hydrogen) atoms. The van der Waals surface area contributed by atoms with Gasteiger partial charge in [0.25, 0.3) is 5.92 Å². The van der Waals surface area contributed by atoms with Crippen LogP contribution in [0.5, 0.6) is 0 Å². The van der Waals surface area contributed by atoms with Crippen molar-refractivity contribution in [3.05, 3.63) is 0 Å². The van der Waals surface area contributed by atoms with Gasteiger partial charge in [0.05, 0.1) is 12.0 Å². The summed E-state index contributed by atoms with van der Waals surface area (Å²) in [6.07, 6.45) is -0.241. The highest BCUT2D eigenvalue weighted by atomic mass is 19.3. The van der Waals surface area contributed by atoms with Gasteiger partial charge in [0.2, 0.25) is 0 Å². The van der Waals surface area contributed by atoms with Gasteiger partial charge in [-0.2, -0.15) is 0 Å². The highest BCUT2D eigenvalue weighted by molar-refractivity contribution is 4.96. The van der Waals surface area contributed by atoms with E-state index in [0.717, 1.165) is 0 Å². The molecule has 2 nitrogen and oxygen atoms in total. The molecule has 0 bridgehead atoms. The first-order valence-corrected chi connectivity index (χ1v) is 3.40. The van der Waals surface area contributed by atoms with Gasteiger partial charge >= 0.3 is 0 Å². The predicted octanol–water partition coefficient (Wildman–Crippen LogP) is 0.240. The fourth-order valence-corrected chi connectivity index (χ4v) is 1.58. The molecule has 0 aliphatic carbocycles. The maximum Gasteiger partial charge on any atom is 0.277 e. The Hall–Kier alpha value is -0.220. The minimum absolute atomic E-state index is 0.241. The highest BCUT2D eigenvalue weighted by Gasteiger charge is 2.53. The maximum absolute atomic E-state index is 12.7. The second kappa shape index (κ2) is 1.89. The number of hydrogen-bond acceptors (Lipinski definition) is 2. The third kappa shape index (κ3) is 0.754. The van der Waals surface area contributed by atoms with Crippen LogP contribution in [0.2, 0.25) is 0 Å². The van der Waals surface area contributed by atoms with Crippen LogP contribution in [-0.2, 0) is 4.74 Å². The third-order valence-corrected chi connectivity index (χ3v) is 2.19. The van der Waals surface area contributed by atoms with E-state index in [1.165, 1.54) is 0 Å². The SMILES string of the molecule is FC1(F)COC2CNCC21. The van der Waals surface area contributed by atoms with Crippen molar-refractivity contribution in [3.63, 3.8) is 0 Å².